The Morgan fingerprint density at radius 1 is 1.04 bits per heavy atom. The molecular weight excluding hydrogens is 348 g/mol. The number of hydrogen-bond donors (Lipinski definition) is 2. The molecular formula is C20H19ClN4O. The van der Waals surface area contributed by atoms with Gasteiger partial charge in [0.15, 0.2) is 0 Å². The van der Waals surface area contributed by atoms with E-state index < -0.39 is 0 Å². The van der Waals surface area contributed by atoms with Crippen molar-refractivity contribution in [3.05, 3.63) is 82.6 Å². The summed E-state index contributed by atoms with van der Waals surface area (Å²) in [6.45, 7) is 2.52. The van der Waals surface area contributed by atoms with Gasteiger partial charge in [0.1, 0.15) is 5.69 Å². The molecule has 0 atom stereocenters. The fourth-order valence-electron chi connectivity index (χ4n) is 2.52. The molecule has 0 aliphatic heterocycles. The number of aromatic nitrogens is 2. The van der Waals surface area contributed by atoms with Crippen LogP contribution in [0.5, 0.6) is 0 Å². The van der Waals surface area contributed by atoms with Crippen molar-refractivity contribution in [2.75, 3.05) is 10.6 Å². The molecule has 0 aliphatic rings. The van der Waals surface area contributed by atoms with Gasteiger partial charge in [-0.3, -0.25) is 4.79 Å². The number of nitrogens with zero attached hydrogens (tertiary/aromatic N) is 2. The predicted molar refractivity (Wildman–Crippen MR) is 105 cm³/mol. The molecule has 132 valence electrons. The summed E-state index contributed by atoms with van der Waals surface area (Å²) < 4.78 is 0. The highest BCUT2D eigenvalue weighted by atomic mass is 35.5. The van der Waals surface area contributed by atoms with Crippen molar-refractivity contribution in [3.8, 4) is 0 Å². The molecule has 0 radical (unpaired) electrons. The summed E-state index contributed by atoms with van der Waals surface area (Å²) in [6.07, 6.45) is 2.40. The maximum atomic E-state index is 12.5. The van der Waals surface area contributed by atoms with Crippen LogP contribution in [0.4, 0.5) is 11.6 Å². The van der Waals surface area contributed by atoms with Crippen LogP contribution in [0.3, 0.4) is 0 Å². The number of anilines is 2. The Kier molecular flexibility index (Phi) is 5.81. The molecule has 1 amide bonds. The third kappa shape index (κ3) is 4.37. The average molecular weight is 367 g/mol. The first-order chi connectivity index (χ1) is 12.7. The Morgan fingerprint density at radius 2 is 1.77 bits per heavy atom. The Hall–Kier alpha value is -2.92. The second-order valence-electron chi connectivity index (χ2n) is 5.68. The van der Waals surface area contributed by atoms with Crippen molar-refractivity contribution in [2.45, 2.75) is 19.9 Å². The minimum absolute atomic E-state index is 0.269. The van der Waals surface area contributed by atoms with Crippen molar-refractivity contribution in [1.29, 1.82) is 0 Å². The van der Waals surface area contributed by atoms with E-state index in [-0.39, 0.29) is 5.91 Å². The summed E-state index contributed by atoms with van der Waals surface area (Å²) in [5, 5.41) is 6.68. The Morgan fingerprint density at radius 3 is 2.54 bits per heavy atom. The number of carbonyl (C=O) groups is 1. The van der Waals surface area contributed by atoms with Crippen molar-refractivity contribution < 1.29 is 4.79 Å². The third-order valence-electron chi connectivity index (χ3n) is 3.93. The maximum absolute atomic E-state index is 12.5. The molecule has 0 spiro atoms. The molecule has 1 aromatic heterocycles. The highest BCUT2D eigenvalue weighted by Crippen LogP contribution is 2.17. The first kappa shape index (κ1) is 17.9. The van der Waals surface area contributed by atoms with Crippen LogP contribution in [0.15, 0.2) is 60.8 Å². The van der Waals surface area contributed by atoms with Crippen LogP contribution in [0, 0.1) is 0 Å². The van der Waals surface area contributed by atoms with E-state index in [1.807, 2.05) is 55.5 Å². The van der Waals surface area contributed by atoms with Crippen LogP contribution in [-0.4, -0.2) is 15.9 Å². The average Bonchev–Trinajstić information content (AvgIpc) is 2.68. The summed E-state index contributed by atoms with van der Waals surface area (Å²) in [5.74, 6) is 0.107. The van der Waals surface area contributed by atoms with Crippen molar-refractivity contribution in [2.24, 2.45) is 0 Å². The molecule has 1 heterocycles. The molecule has 5 nitrogen and oxygen atoms in total. The van der Waals surface area contributed by atoms with Crippen LogP contribution in [0.1, 0.15) is 28.5 Å². The SMILES string of the molecule is CCc1ccccc1NC(=O)c1ccnc(NCc2ccccc2Cl)n1. The van der Waals surface area contributed by atoms with Gasteiger partial charge in [-0.25, -0.2) is 9.97 Å². The lowest BCUT2D eigenvalue weighted by Crippen LogP contribution is -2.16. The quantitative estimate of drug-likeness (QED) is 0.671. The number of aryl methyl sites for hydroxylation is 1. The van der Waals surface area contributed by atoms with E-state index in [1.165, 1.54) is 0 Å². The van der Waals surface area contributed by atoms with E-state index in [4.69, 9.17) is 11.6 Å². The second kappa shape index (κ2) is 8.45. The zero-order valence-electron chi connectivity index (χ0n) is 14.4. The Labute approximate surface area is 157 Å². The molecule has 0 unspecified atom stereocenters. The zero-order valence-corrected chi connectivity index (χ0v) is 15.1. The Balaban J connectivity index is 1.70. The molecule has 2 aromatic carbocycles. The molecule has 0 aliphatic carbocycles. The van der Waals surface area contributed by atoms with Crippen LogP contribution in [-0.2, 0) is 13.0 Å². The summed E-state index contributed by atoms with van der Waals surface area (Å²) in [6, 6.07) is 16.9. The van der Waals surface area contributed by atoms with Gasteiger partial charge >= 0.3 is 0 Å². The molecule has 6 heteroatoms. The van der Waals surface area contributed by atoms with E-state index in [0.29, 0.717) is 23.2 Å². The van der Waals surface area contributed by atoms with E-state index >= 15 is 0 Å². The Bertz CT molecular complexity index is 914. The smallest absolute Gasteiger partial charge is 0.274 e. The molecule has 3 rings (SSSR count). The molecule has 26 heavy (non-hydrogen) atoms. The number of halogens is 1. The van der Waals surface area contributed by atoms with Crippen LogP contribution in [0.2, 0.25) is 5.02 Å². The molecule has 2 N–H and O–H groups in total. The number of para-hydroxylation sites is 1. The number of benzene rings is 2. The third-order valence-corrected chi connectivity index (χ3v) is 4.30. The van der Waals surface area contributed by atoms with Gasteiger partial charge in [0.2, 0.25) is 5.95 Å². The lowest BCUT2D eigenvalue weighted by Gasteiger charge is -2.10. The summed E-state index contributed by atoms with van der Waals surface area (Å²) >= 11 is 6.15. The molecule has 0 bridgehead atoms. The zero-order chi connectivity index (χ0) is 18.4. The lowest BCUT2D eigenvalue weighted by atomic mass is 10.1. The van der Waals surface area contributed by atoms with Crippen LogP contribution in [0.25, 0.3) is 0 Å². The minimum Gasteiger partial charge on any atom is -0.350 e. The largest absolute Gasteiger partial charge is 0.350 e. The van der Waals surface area contributed by atoms with Crippen LogP contribution < -0.4 is 10.6 Å². The second-order valence-corrected chi connectivity index (χ2v) is 6.08. The van der Waals surface area contributed by atoms with Gasteiger partial charge in [0.25, 0.3) is 5.91 Å². The van der Waals surface area contributed by atoms with Gasteiger partial charge in [0.05, 0.1) is 0 Å². The van der Waals surface area contributed by atoms with Crippen molar-refractivity contribution in [3.63, 3.8) is 0 Å². The number of hydrogen-bond acceptors (Lipinski definition) is 4. The summed E-state index contributed by atoms with van der Waals surface area (Å²) in [5.41, 5.74) is 3.10. The molecule has 0 saturated carbocycles. The van der Waals surface area contributed by atoms with Crippen LogP contribution >= 0.6 is 11.6 Å². The number of rotatable bonds is 6. The maximum Gasteiger partial charge on any atom is 0.274 e. The van der Waals surface area contributed by atoms with Gasteiger partial charge in [-0.2, -0.15) is 0 Å². The number of amides is 1. The van der Waals surface area contributed by atoms with E-state index in [9.17, 15) is 4.79 Å². The first-order valence-corrected chi connectivity index (χ1v) is 8.74. The fourth-order valence-corrected chi connectivity index (χ4v) is 2.73. The topological polar surface area (TPSA) is 66.9 Å². The fraction of sp³-hybridized carbons (Fsp3) is 0.150. The first-order valence-electron chi connectivity index (χ1n) is 8.37. The standard InChI is InChI=1S/C20H19ClN4O/c1-2-14-7-4-6-10-17(14)24-19(26)18-11-12-22-20(25-18)23-13-15-8-3-5-9-16(15)21/h3-12H,2,13H2,1H3,(H,24,26)(H,22,23,25). The normalized spacial score (nSPS) is 10.4. The molecule has 0 saturated heterocycles. The number of nitrogens with one attached hydrogen (secondary N) is 2. The van der Waals surface area contributed by atoms with Gasteiger partial charge < -0.3 is 10.6 Å². The summed E-state index contributed by atoms with van der Waals surface area (Å²) in [4.78, 5) is 21.0. The minimum atomic E-state index is -0.269. The van der Waals surface area contributed by atoms with E-state index in [1.54, 1.807) is 12.3 Å². The van der Waals surface area contributed by atoms with E-state index in [0.717, 1.165) is 23.2 Å². The lowest BCUT2D eigenvalue weighted by molar-refractivity contribution is 0.102. The highest BCUT2D eigenvalue weighted by molar-refractivity contribution is 6.31. The van der Waals surface area contributed by atoms with Gasteiger partial charge in [-0.1, -0.05) is 54.9 Å². The van der Waals surface area contributed by atoms with Crippen molar-refractivity contribution >= 4 is 29.1 Å². The van der Waals surface area contributed by atoms with Gasteiger partial charge in [-0.05, 0) is 35.7 Å². The van der Waals surface area contributed by atoms with Gasteiger partial charge in [0, 0.05) is 23.5 Å². The monoisotopic (exact) mass is 366 g/mol. The molecule has 3 aromatic rings. The highest BCUT2D eigenvalue weighted by Gasteiger charge is 2.11. The van der Waals surface area contributed by atoms with E-state index in [2.05, 4.69) is 20.6 Å². The predicted octanol–water partition coefficient (Wildman–Crippen LogP) is 4.56. The van der Waals surface area contributed by atoms with Crippen molar-refractivity contribution in [1.82, 2.24) is 9.97 Å². The van der Waals surface area contributed by atoms with Gasteiger partial charge in [-0.15, -0.1) is 0 Å². The molecule has 0 fully saturated rings. The summed E-state index contributed by atoms with van der Waals surface area (Å²) in [7, 11) is 0. The number of carbonyl (C=O) groups excluding carboxylic acids is 1.